The predicted octanol–water partition coefficient (Wildman–Crippen LogP) is 6.27. The minimum atomic E-state index is -0.584. The first-order valence-corrected chi connectivity index (χ1v) is 16.3. The standard InChI is InChI=1S/C31H44BrN3O5S/c1-31(2,3)40-25(36)19-39-28-24(18-38-4)41-29(26(28)32)21-9-8-12-23(17-21)34-27(20-13-15-33-16-14-20)30(37)35-22-10-6-5-7-11-22/h8-9,12,17,20,22,27,33-34H,5-7,10-11,13-16,18-19H2,1-4H3,(H,35,37). The molecule has 0 spiro atoms. The summed E-state index contributed by atoms with van der Waals surface area (Å²) in [5, 5.41) is 10.4. The number of hydrogen-bond donors (Lipinski definition) is 3. The lowest BCUT2D eigenvalue weighted by Crippen LogP contribution is -2.50. The number of anilines is 1. The summed E-state index contributed by atoms with van der Waals surface area (Å²) in [7, 11) is 1.63. The molecule has 41 heavy (non-hydrogen) atoms. The van der Waals surface area contributed by atoms with Gasteiger partial charge in [-0.1, -0.05) is 31.4 Å². The van der Waals surface area contributed by atoms with Crippen molar-refractivity contribution < 1.29 is 23.8 Å². The van der Waals surface area contributed by atoms with Gasteiger partial charge in [-0.05, 0) is 99.1 Å². The molecule has 2 aromatic rings. The number of rotatable bonds is 11. The molecule has 1 atom stereocenters. The van der Waals surface area contributed by atoms with Gasteiger partial charge in [0, 0.05) is 18.8 Å². The summed E-state index contributed by atoms with van der Waals surface area (Å²) in [5.74, 6) is 0.516. The molecule has 1 saturated carbocycles. The molecule has 1 aliphatic heterocycles. The van der Waals surface area contributed by atoms with E-state index in [1.807, 2.05) is 39.0 Å². The third-order valence-electron chi connectivity index (χ3n) is 7.44. The zero-order chi connectivity index (χ0) is 29.4. The maximum atomic E-state index is 13.6. The van der Waals surface area contributed by atoms with E-state index >= 15 is 0 Å². The van der Waals surface area contributed by atoms with Crippen molar-refractivity contribution in [1.29, 1.82) is 0 Å². The van der Waals surface area contributed by atoms with E-state index in [1.54, 1.807) is 18.4 Å². The number of carbonyl (C=O) groups excluding carboxylic acids is 2. The number of nitrogens with one attached hydrogen (secondary N) is 3. The highest BCUT2D eigenvalue weighted by atomic mass is 79.9. The quantitative estimate of drug-likeness (QED) is 0.247. The van der Waals surface area contributed by atoms with Crippen molar-refractivity contribution in [3.63, 3.8) is 0 Å². The van der Waals surface area contributed by atoms with E-state index in [9.17, 15) is 9.59 Å². The number of carbonyl (C=O) groups is 2. The van der Waals surface area contributed by atoms with Gasteiger partial charge >= 0.3 is 5.97 Å². The largest absolute Gasteiger partial charge is 0.479 e. The highest BCUT2D eigenvalue weighted by molar-refractivity contribution is 9.10. The highest BCUT2D eigenvalue weighted by Gasteiger charge is 2.31. The Balaban J connectivity index is 1.54. The molecule has 1 amide bonds. The Labute approximate surface area is 256 Å². The number of amides is 1. The number of halogens is 1. The van der Waals surface area contributed by atoms with Crippen LogP contribution in [0.4, 0.5) is 5.69 Å². The summed E-state index contributed by atoms with van der Waals surface area (Å²) in [4.78, 5) is 27.7. The lowest BCUT2D eigenvalue weighted by atomic mass is 9.88. The summed E-state index contributed by atoms with van der Waals surface area (Å²) in [5.41, 5.74) is 1.29. The van der Waals surface area contributed by atoms with Crippen LogP contribution in [0.25, 0.3) is 10.4 Å². The van der Waals surface area contributed by atoms with Crippen LogP contribution in [0.1, 0.15) is 70.6 Å². The Bertz CT molecular complexity index is 1170. The normalized spacial score (nSPS) is 17.6. The van der Waals surface area contributed by atoms with Gasteiger partial charge in [0.1, 0.15) is 11.6 Å². The molecule has 1 aliphatic carbocycles. The van der Waals surface area contributed by atoms with Crippen LogP contribution in [-0.4, -0.2) is 56.4 Å². The van der Waals surface area contributed by atoms with Gasteiger partial charge < -0.3 is 30.2 Å². The maximum Gasteiger partial charge on any atom is 0.344 e. The van der Waals surface area contributed by atoms with Crippen LogP contribution in [-0.2, 0) is 25.7 Å². The van der Waals surface area contributed by atoms with Crippen molar-refractivity contribution in [2.45, 2.75) is 90.0 Å². The van der Waals surface area contributed by atoms with Crippen molar-refractivity contribution in [3.05, 3.63) is 33.6 Å². The van der Waals surface area contributed by atoms with Gasteiger partial charge in [0.15, 0.2) is 12.4 Å². The van der Waals surface area contributed by atoms with E-state index in [1.165, 1.54) is 19.3 Å². The average molecular weight is 651 g/mol. The van der Waals surface area contributed by atoms with Crippen LogP contribution in [0.5, 0.6) is 5.75 Å². The summed E-state index contributed by atoms with van der Waals surface area (Å²) in [6.45, 7) is 7.50. The number of ether oxygens (including phenoxy) is 3. The lowest BCUT2D eigenvalue weighted by molar-refractivity contribution is -0.157. The molecule has 1 unspecified atom stereocenters. The van der Waals surface area contributed by atoms with Crippen LogP contribution in [0.3, 0.4) is 0 Å². The first-order chi connectivity index (χ1) is 19.6. The molecule has 8 nitrogen and oxygen atoms in total. The summed E-state index contributed by atoms with van der Waals surface area (Å²) in [6, 6.07) is 8.11. The minimum Gasteiger partial charge on any atom is -0.479 e. The first-order valence-electron chi connectivity index (χ1n) is 14.7. The number of piperidine rings is 1. The molecule has 3 N–H and O–H groups in total. The SMILES string of the molecule is COCc1sc(-c2cccc(NC(C(=O)NC3CCCCC3)C3CCNCC3)c2)c(Br)c1OCC(=O)OC(C)(C)C. The maximum absolute atomic E-state index is 13.6. The molecule has 1 aromatic heterocycles. The number of thiophene rings is 1. The monoisotopic (exact) mass is 649 g/mol. The van der Waals surface area contributed by atoms with Gasteiger partial charge in [0.25, 0.3) is 0 Å². The molecule has 2 heterocycles. The van der Waals surface area contributed by atoms with E-state index in [0.29, 0.717) is 12.4 Å². The Hall–Kier alpha value is -2.14. The van der Waals surface area contributed by atoms with Gasteiger partial charge in [-0.3, -0.25) is 4.79 Å². The number of hydrogen-bond acceptors (Lipinski definition) is 8. The fourth-order valence-corrected chi connectivity index (χ4v) is 7.60. The van der Waals surface area contributed by atoms with Gasteiger partial charge in [-0.25, -0.2) is 4.79 Å². The fourth-order valence-electron chi connectivity index (χ4n) is 5.54. The molecule has 10 heteroatoms. The van der Waals surface area contributed by atoms with E-state index < -0.39 is 11.6 Å². The summed E-state index contributed by atoms with van der Waals surface area (Å²) < 4.78 is 17.5. The van der Waals surface area contributed by atoms with Crippen LogP contribution < -0.4 is 20.7 Å². The Morgan fingerprint density at radius 1 is 1.12 bits per heavy atom. The Kier molecular flexibility index (Phi) is 11.5. The highest BCUT2D eigenvalue weighted by Crippen LogP contribution is 2.46. The Morgan fingerprint density at radius 3 is 2.54 bits per heavy atom. The number of methoxy groups -OCH3 is 1. The third-order valence-corrected chi connectivity index (χ3v) is 9.66. The molecule has 1 saturated heterocycles. The van der Waals surface area contributed by atoms with E-state index in [-0.39, 0.29) is 30.5 Å². The second-order valence-corrected chi connectivity index (χ2v) is 13.8. The molecular formula is C31H44BrN3O5S. The van der Waals surface area contributed by atoms with E-state index in [0.717, 1.165) is 64.3 Å². The van der Waals surface area contributed by atoms with E-state index in [2.05, 4.69) is 37.9 Å². The number of benzene rings is 1. The molecule has 226 valence electrons. The van der Waals surface area contributed by atoms with Gasteiger partial charge in [-0.15, -0.1) is 11.3 Å². The van der Waals surface area contributed by atoms with Gasteiger partial charge in [0.2, 0.25) is 5.91 Å². The average Bonchev–Trinajstić information content (AvgIpc) is 3.25. The summed E-state index contributed by atoms with van der Waals surface area (Å²) >= 11 is 5.27. The molecule has 4 rings (SSSR count). The lowest BCUT2D eigenvalue weighted by Gasteiger charge is -2.33. The Morgan fingerprint density at radius 2 is 1.85 bits per heavy atom. The second kappa shape index (κ2) is 14.8. The minimum absolute atomic E-state index is 0.103. The summed E-state index contributed by atoms with van der Waals surface area (Å²) in [6.07, 6.45) is 7.68. The van der Waals surface area contributed by atoms with E-state index in [4.69, 9.17) is 14.2 Å². The number of esters is 1. The van der Waals surface area contributed by atoms with Crippen molar-refractivity contribution in [3.8, 4) is 16.2 Å². The van der Waals surface area contributed by atoms with Crippen LogP contribution in [0.15, 0.2) is 28.7 Å². The topological polar surface area (TPSA) is 97.9 Å². The molecule has 2 fully saturated rings. The van der Waals surface area contributed by atoms with Crippen LogP contribution in [0.2, 0.25) is 0 Å². The molecular weight excluding hydrogens is 606 g/mol. The molecule has 1 aromatic carbocycles. The third kappa shape index (κ3) is 9.17. The van der Waals surface area contributed by atoms with Crippen LogP contribution >= 0.6 is 27.3 Å². The molecule has 0 radical (unpaired) electrons. The zero-order valence-electron chi connectivity index (χ0n) is 24.6. The molecule has 2 aliphatic rings. The predicted molar refractivity (Wildman–Crippen MR) is 168 cm³/mol. The van der Waals surface area contributed by atoms with Crippen molar-refractivity contribution in [2.75, 3.05) is 32.1 Å². The molecule has 0 bridgehead atoms. The smallest absolute Gasteiger partial charge is 0.344 e. The second-order valence-electron chi connectivity index (χ2n) is 11.9. The first kappa shape index (κ1) is 31.8. The fraction of sp³-hybridized carbons (Fsp3) is 0.613. The van der Waals surface area contributed by atoms with Crippen molar-refractivity contribution >= 4 is 44.8 Å². The van der Waals surface area contributed by atoms with Crippen molar-refractivity contribution in [1.82, 2.24) is 10.6 Å². The van der Waals surface area contributed by atoms with Gasteiger partial charge in [-0.2, -0.15) is 0 Å². The van der Waals surface area contributed by atoms with Crippen LogP contribution in [0, 0.1) is 5.92 Å². The van der Waals surface area contributed by atoms with Crippen molar-refractivity contribution in [2.24, 2.45) is 5.92 Å². The zero-order valence-corrected chi connectivity index (χ0v) is 27.0. The van der Waals surface area contributed by atoms with Gasteiger partial charge in [0.05, 0.1) is 20.8 Å².